The van der Waals surface area contributed by atoms with E-state index in [4.69, 9.17) is 38.0 Å². The Morgan fingerprint density at radius 1 is 0.588 bits per heavy atom. The van der Waals surface area contributed by atoms with Crippen LogP contribution in [-0.2, 0) is 34.0 Å². The fraction of sp³-hybridized carbons (Fsp3) is 0.286. The van der Waals surface area contributed by atoms with Crippen LogP contribution in [0.25, 0.3) is 0 Å². The van der Waals surface area contributed by atoms with Gasteiger partial charge >= 0.3 is 199 Å². The van der Waals surface area contributed by atoms with Gasteiger partial charge in [0.25, 0.3) is 0 Å². The predicted octanol–water partition coefficient (Wildman–Crippen LogP) is 1.51. The molecular formula is C21H21GaO12. The van der Waals surface area contributed by atoms with E-state index in [1.54, 1.807) is 0 Å². The molecule has 0 fully saturated rings. The van der Waals surface area contributed by atoms with Crippen LogP contribution >= 0.6 is 0 Å². The first-order valence-electron chi connectivity index (χ1n) is 9.75. The molecule has 0 radical (unpaired) electrons. The molecule has 0 N–H and O–H groups in total. The molecule has 0 bridgehead atoms. The minimum atomic E-state index is -4.06. The number of hydrogen-bond donors (Lipinski definition) is 0. The van der Waals surface area contributed by atoms with Crippen LogP contribution in [0, 0.1) is 0 Å². The summed E-state index contributed by atoms with van der Waals surface area (Å²) < 4.78 is 47.6. The Kier molecular flexibility index (Phi) is 9.18. The van der Waals surface area contributed by atoms with Gasteiger partial charge in [-0.2, -0.15) is 0 Å². The first-order chi connectivity index (χ1) is 16.4. The fourth-order valence-corrected chi connectivity index (χ4v) is 5.30. The molecule has 3 heterocycles. The molecule has 0 saturated heterocycles. The van der Waals surface area contributed by atoms with Crippen LogP contribution in [0.5, 0.6) is 17.2 Å². The van der Waals surface area contributed by atoms with Gasteiger partial charge in [0.15, 0.2) is 0 Å². The van der Waals surface area contributed by atoms with Crippen LogP contribution in [-0.4, -0.2) is 38.6 Å². The van der Waals surface area contributed by atoms with Gasteiger partial charge in [-0.05, 0) is 0 Å². The average molecular weight is 535 g/mol. The summed E-state index contributed by atoms with van der Waals surface area (Å²) in [5, 5.41) is 0. The maximum atomic E-state index is 12.4. The SMILES string of the molecule is COCc1cc(=O)c([O][Ga]([O]c2coc(COC)cc2=O)[O]c2coc(COC)cc2=O)co1. The van der Waals surface area contributed by atoms with Crippen LogP contribution in [0.1, 0.15) is 17.3 Å². The number of hydrogen-bond acceptors (Lipinski definition) is 12. The molecular weight excluding hydrogens is 514 g/mol. The van der Waals surface area contributed by atoms with Crippen molar-refractivity contribution in [3.63, 3.8) is 0 Å². The van der Waals surface area contributed by atoms with Gasteiger partial charge in [-0.1, -0.05) is 0 Å². The quantitative estimate of drug-likeness (QED) is 0.310. The number of ether oxygens (including phenoxy) is 3. The van der Waals surface area contributed by atoms with Gasteiger partial charge < -0.3 is 0 Å². The molecule has 180 valence electrons. The Bertz CT molecular complexity index is 1110. The Hall–Kier alpha value is -3.23. The van der Waals surface area contributed by atoms with Gasteiger partial charge in [0.1, 0.15) is 0 Å². The van der Waals surface area contributed by atoms with E-state index in [0.717, 1.165) is 18.8 Å². The van der Waals surface area contributed by atoms with Crippen LogP contribution in [0.3, 0.4) is 0 Å². The van der Waals surface area contributed by atoms with Gasteiger partial charge in [-0.3, -0.25) is 0 Å². The van der Waals surface area contributed by atoms with Gasteiger partial charge in [0.2, 0.25) is 0 Å². The molecule has 0 aliphatic carbocycles. The summed E-state index contributed by atoms with van der Waals surface area (Å²) in [7, 11) is 4.35. The molecule has 0 aliphatic rings. The summed E-state index contributed by atoms with van der Waals surface area (Å²) in [4.78, 5) is 37.2. The van der Waals surface area contributed by atoms with Gasteiger partial charge in [-0.15, -0.1) is 0 Å². The zero-order valence-corrected chi connectivity index (χ0v) is 21.0. The van der Waals surface area contributed by atoms with Crippen molar-refractivity contribution in [1.82, 2.24) is 0 Å². The zero-order chi connectivity index (χ0) is 24.5. The van der Waals surface area contributed by atoms with Crippen molar-refractivity contribution < 1.29 is 38.0 Å². The Labute approximate surface area is 198 Å². The summed E-state index contributed by atoms with van der Waals surface area (Å²) in [5.41, 5.74) is -1.61. The Morgan fingerprint density at radius 3 is 1.12 bits per heavy atom. The average Bonchev–Trinajstić information content (AvgIpc) is 2.80. The van der Waals surface area contributed by atoms with Crippen LogP contribution in [0.15, 0.2) is 64.6 Å². The molecule has 0 aromatic carbocycles. The number of methoxy groups -OCH3 is 3. The normalized spacial score (nSPS) is 10.7. The maximum absolute atomic E-state index is 12.4. The summed E-state index contributed by atoms with van der Waals surface area (Å²) in [5.74, 6) is 0.125. The molecule has 0 aliphatic heterocycles. The van der Waals surface area contributed by atoms with E-state index < -0.39 is 33.6 Å². The van der Waals surface area contributed by atoms with Crippen LogP contribution < -0.4 is 26.9 Å². The van der Waals surface area contributed by atoms with Gasteiger partial charge in [0, 0.05) is 0 Å². The van der Waals surface area contributed by atoms with Crippen LogP contribution in [0.4, 0.5) is 0 Å². The molecule has 12 nitrogen and oxygen atoms in total. The van der Waals surface area contributed by atoms with Gasteiger partial charge in [-0.25, -0.2) is 0 Å². The third-order valence-corrected chi connectivity index (χ3v) is 6.90. The molecule has 0 amide bonds. The minimum absolute atomic E-state index is 0.0805. The second-order valence-corrected chi connectivity index (χ2v) is 9.36. The topological polar surface area (TPSA) is 146 Å². The zero-order valence-electron chi connectivity index (χ0n) is 18.6. The van der Waals surface area contributed by atoms with Crippen molar-refractivity contribution in [2.24, 2.45) is 0 Å². The first-order valence-corrected chi connectivity index (χ1v) is 12.7. The van der Waals surface area contributed by atoms with E-state index >= 15 is 0 Å². The Balaban J connectivity index is 1.89. The van der Waals surface area contributed by atoms with Crippen molar-refractivity contribution in [3.05, 3.63) is 84.9 Å². The molecule has 0 saturated carbocycles. The third-order valence-electron chi connectivity index (χ3n) is 4.09. The molecule has 3 rings (SSSR count). The van der Waals surface area contributed by atoms with E-state index in [1.165, 1.54) is 39.5 Å². The second kappa shape index (κ2) is 12.3. The Morgan fingerprint density at radius 2 is 0.882 bits per heavy atom. The first kappa shape index (κ1) is 25.4. The molecule has 3 aromatic rings. The van der Waals surface area contributed by atoms with E-state index in [1.807, 2.05) is 0 Å². The van der Waals surface area contributed by atoms with E-state index in [9.17, 15) is 14.4 Å². The third kappa shape index (κ3) is 6.88. The second-order valence-electron chi connectivity index (χ2n) is 6.67. The van der Waals surface area contributed by atoms with Crippen molar-refractivity contribution in [2.45, 2.75) is 19.8 Å². The summed E-state index contributed by atoms with van der Waals surface area (Å²) >= 11 is -4.06. The van der Waals surface area contributed by atoms with Crippen molar-refractivity contribution >= 4 is 17.3 Å². The van der Waals surface area contributed by atoms with Crippen molar-refractivity contribution in [3.8, 4) is 17.2 Å². The molecule has 0 spiro atoms. The summed E-state index contributed by atoms with van der Waals surface area (Å²) in [6, 6.07) is 3.54. The predicted molar refractivity (Wildman–Crippen MR) is 115 cm³/mol. The van der Waals surface area contributed by atoms with Gasteiger partial charge in [0.05, 0.1) is 0 Å². The monoisotopic (exact) mass is 534 g/mol. The molecule has 0 unspecified atom stereocenters. The van der Waals surface area contributed by atoms with E-state index in [2.05, 4.69) is 0 Å². The number of rotatable bonds is 12. The fourth-order valence-electron chi connectivity index (χ4n) is 2.61. The summed E-state index contributed by atoms with van der Waals surface area (Å²) in [6.07, 6.45) is 3.20. The van der Waals surface area contributed by atoms with E-state index in [-0.39, 0.29) is 54.3 Å². The molecule has 13 heteroatoms. The van der Waals surface area contributed by atoms with Crippen LogP contribution in [0.2, 0.25) is 0 Å². The van der Waals surface area contributed by atoms with E-state index in [0.29, 0.717) is 0 Å². The molecule has 34 heavy (non-hydrogen) atoms. The standard InChI is InChI=1S/3C7H8O4.Ga/c3*1-10-3-5-2-6(8)7(9)4-11-5;/h3*2,4,9H,3H2,1H3;/q;;;+3/p-3. The van der Waals surface area contributed by atoms with Crippen molar-refractivity contribution in [2.75, 3.05) is 21.3 Å². The molecule has 3 aromatic heterocycles. The molecule has 0 atom stereocenters. The van der Waals surface area contributed by atoms with Crippen molar-refractivity contribution in [1.29, 1.82) is 0 Å². The summed E-state index contributed by atoms with van der Waals surface area (Å²) in [6.45, 7) is 0.241.